The lowest BCUT2D eigenvalue weighted by Gasteiger charge is -2.52. The highest BCUT2D eigenvalue weighted by Gasteiger charge is 2.58. The molecule has 2 aliphatic carbocycles. The zero-order valence-electron chi connectivity index (χ0n) is 14.7. The van der Waals surface area contributed by atoms with Crippen molar-refractivity contribution in [3.05, 3.63) is 40.5 Å². The van der Waals surface area contributed by atoms with Crippen LogP contribution in [-0.4, -0.2) is 24.8 Å². The van der Waals surface area contributed by atoms with Gasteiger partial charge in [-0.15, -0.1) is 0 Å². The molecule has 1 aliphatic heterocycles. The molecule has 134 valence electrons. The monoisotopic (exact) mass is 405 g/mol. The van der Waals surface area contributed by atoms with Crippen LogP contribution in [0.3, 0.4) is 0 Å². The van der Waals surface area contributed by atoms with Gasteiger partial charge in [0.2, 0.25) is 0 Å². The topological polar surface area (TPSA) is 47.6 Å². The predicted molar refractivity (Wildman–Crippen MR) is 100 cm³/mol. The summed E-state index contributed by atoms with van der Waals surface area (Å²) in [5, 5.41) is 3.32. The number of carbonyl (C=O) groups is 1. The van der Waals surface area contributed by atoms with Crippen molar-refractivity contribution in [2.75, 3.05) is 18.5 Å². The number of allylic oxidation sites excluding steroid dienone is 2. The first-order chi connectivity index (χ1) is 11.9. The lowest BCUT2D eigenvalue weighted by molar-refractivity contribution is -0.239. The van der Waals surface area contributed by atoms with Crippen molar-refractivity contribution < 1.29 is 14.3 Å². The second-order valence-electron chi connectivity index (χ2n) is 7.64. The normalized spacial score (nSPS) is 33.9. The Morgan fingerprint density at radius 2 is 2.00 bits per heavy atom. The molecule has 3 aliphatic rings. The molecule has 1 N–H and O–H groups in total. The van der Waals surface area contributed by atoms with Gasteiger partial charge >= 0.3 is 0 Å². The predicted octanol–water partition coefficient (Wildman–Crippen LogP) is 4.51. The number of benzene rings is 1. The van der Waals surface area contributed by atoms with Crippen LogP contribution in [0.15, 0.2) is 40.5 Å². The van der Waals surface area contributed by atoms with E-state index in [9.17, 15) is 4.79 Å². The number of fused-ring (bicyclic) bond motifs is 1. The van der Waals surface area contributed by atoms with Crippen LogP contribution < -0.4 is 5.32 Å². The molecule has 1 saturated carbocycles. The maximum Gasteiger partial charge on any atom is 0.184 e. The van der Waals surface area contributed by atoms with Crippen LogP contribution in [-0.2, 0) is 14.3 Å². The molecule has 4 rings (SSSR count). The molecule has 2 fully saturated rings. The third-order valence-corrected chi connectivity index (χ3v) is 6.82. The van der Waals surface area contributed by atoms with Gasteiger partial charge in [-0.3, -0.25) is 4.79 Å². The standard InChI is InChI=1S/C20H24BrNO3/c1-13-16-6-7-17(22-15-5-3-4-14(21)12-15)18(23)19(16,2)8-9-20(13)24-10-11-25-20/h3-5,7,12-13,16,22H,6,8-11H2,1-2H3/t13-,16?,19-/m0/s1. The number of rotatable bonds is 2. The number of Topliss-reactive ketones (excluding diaryl/α,β-unsaturated/α-hetero) is 1. The number of ketones is 1. The molecule has 0 bridgehead atoms. The highest BCUT2D eigenvalue weighted by Crippen LogP contribution is 2.55. The fraction of sp³-hybridized carbons (Fsp3) is 0.550. The van der Waals surface area contributed by atoms with Gasteiger partial charge in [-0.25, -0.2) is 0 Å². The summed E-state index contributed by atoms with van der Waals surface area (Å²) < 4.78 is 13.0. The summed E-state index contributed by atoms with van der Waals surface area (Å²) in [6.45, 7) is 5.62. The molecule has 0 amide bonds. The summed E-state index contributed by atoms with van der Waals surface area (Å²) in [5.41, 5.74) is 1.29. The Morgan fingerprint density at radius 1 is 1.24 bits per heavy atom. The maximum absolute atomic E-state index is 13.3. The van der Waals surface area contributed by atoms with Crippen LogP contribution in [0.25, 0.3) is 0 Å². The number of hydrogen-bond donors (Lipinski definition) is 1. The molecule has 1 unspecified atom stereocenters. The number of carbonyl (C=O) groups excluding carboxylic acids is 1. The lowest BCUT2D eigenvalue weighted by atomic mass is 9.55. The molecule has 5 heteroatoms. The minimum absolute atomic E-state index is 0.210. The highest BCUT2D eigenvalue weighted by atomic mass is 79.9. The van der Waals surface area contributed by atoms with Gasteiger partial charge in [-0.1, -0.05) is 41.9 Å². The Labute approximate surface area is 157 Å². The van der Waals surface area contributed by atoms with E-state index in [1.807, 2.05) is 24.3 Å². The zero-order chi connectivity index (χ0) is 17.7. The molecule has 4 nitrogen and oxygen atoms in total. The van der Waals surface area contributed by atoms with Crippen LogP contribution in [0.1, 0.15) is 33.1 Å². The van der Waals surface area contributed by atoms with Gasteiger partial charge in [0.15, 0.2) is 11.6 Å². The van der Waals surface area contributed by atoms with Crippen LogP contribution in [0.4, 0.5) is 5.69 Å². The average molecular weight is 406 g/mol. The van der Waals surface area contributed by atoms with Crippen molar-refractivity contribution in [3.8, 4) is 0 Å². The van der Waals surface area contributed by atoms with Gasteiger partial charge in [-0.2, -0.15) is 0 Å². The molecule has 1 aromatic carbocycles. The van der Waals surface area contributed by atoms with E-state index in [2.05, 4.69) is 41.2 Å². The molecular weight excluding hydrogens is 382 g/mol. The molecule has 1 aromatic rings. The SMILES string of the molecule is C[C@H]1C2CC=C(Nc3cccc(Br)c3)C(=O)[C@@]2(C)CCC12OCCO2. The number of halogens is 1. The highest BCUT2D eigenvalue weighted by molar-refractivity contribution is 9.10. The molecule has 3 atom stereocenters. The minimum atomic E-state index is -0.479. The second-order valence-corrected chi connectivity index (χ2v) is 8.56. The molecule has 25 heavy (non-hydrogen) atoms. The first kappa shape index (κ1) is 17.3. The fourth-order valence-electron chi connectivity index (χ4n) is 4.80. The van der Waals surface area contributed by atoms with Gasteiger partial charge < -0.3 is 14.8 Å². The van der Waals surface area contributed by atoms with Crippen LogP contribution >= 0.6 is 15.9 Å². The Kier molecular flexibility index (Phi) is 4.29. The Morgan fingerprint density at radius 3 is 2.72 bits per heavy atom. The largest absolute Gasteiger partial charge is 0.353 e. The number of hydrogen-bond acceptors (Lipinski definition) is 4. The average Bonchev–Trinajstić information content (AvgIpc) is 3.06. The van der Waals surface area contributed by atoms with E-state index in [-0.39, 0.29) is 23.0 Å². The Hall–Kier alpha value is -1.17. The van der Waals surface area contributed by atoms with E-state index in [0.29, 0.717) is 18.9 Å². The molecular formula is C20H24BrNO3. The van der Waals surface area contributed by atoms with Crippen molar-refractivity contribution >= 4 is 27.4 Å². The summed E-state index contributed by atoms with van der Waals surface area (Å²) in [5.74, 6) is 0.192. The summed E-state index contributed by atoms with van der Waals surface area (Å²) in [4.78, 5) is 13.3. The maximum atomic E-state index is 13.3. The molecule has 0 aromatic heterocycles. The van der Waals surface area contributed by atoms with Crippen molar-refractivity contribution in [2.45, 2.75) is 38.9 Å². The third-order valence-electron chi connectivity index (χ3n) is 6.33. The van der Waals surface area contributed by atoms with Crippen LogP contribution in [0.2, 0.25) is 0 Å². The van der Waals surface area contributed by atoms with Crippen LogP contribution in [0.5, 0.6) is 0 Å². The van der Waals surface area contributed by atoms with E-state index in [4.69, 9.17) is 9.47 Å². The first-order valence-electron chi connectivity index (χ1n) is 9.00. The molecule has 1 heterocycles. The third kappa shape index (κ3) is 2.77. The van der Waals surface area contributed by atoms with Gasteiger partial charge in [0.05, 0.1) is 18.9 Å². The number of anilines is 1. The van der Waals surface area contributed by atoms with Gasteiger partial charge in [-0.05, 0) is 37.0 Å². The summed E-state index contributed by atoms with van der Waals surface area (Å²) in [7, 11) is 0. The fourth-order valence-corrected chi connectivity index (χ4v) is 5.20. The van der Waals surface area contributed by atoms with Crippen molar-refractivity contribution in [1.82, 2.24) is 0 Å². The quantitative estimate of drug-likeness (QED) is 0.785. The lowest BCUT2D eigenvalue weighted by Crippen LogP contribution is -2.56. The summed E-state index contributed by atoms with van der Waals surface area (Å²) >= 11 is 3.48. The Balaban J connectivity index is 1.60. The molecule has 1 saturated heterocycles. The Bertz CT molecular complexity index is 725. The zero-order valence-corrected chi connectivity index (χ0v) is 16.3. The van der Waals surface area contributed by atoms with E-state index in [0.717, 1.165) is 29.4 Å². The van der Waals surface area contributed by atoms with E-state index in [1.54, 1.807) is 0 Å². The van der Waals surface area contributed by atoms with E-state index < -0.39 is 5.79 Å². The van der Waals surface area contributed by atoms with Crippen molar-refractivity contribution in [2.24, 2.45) is 17.3 Å². The van der Waals surface area contributed by atoms with Gasteiger partial charge in [0.25, 0.3) is 0 Å². The molecule has 0 radical (unpaired) electrons. The van der Waals surface area contributed by atoms with Gasteiger partial charge in [0.1, 0.15) is 0 Å². The minimum Gasteiger partial charge on any atom is -0.353 e. The summed E-state index contributed by atoms with van der Waals surface area (Å²) in [6.07, 6.45) is 4.52. The molecule has 1 spiro atoms. The second kappa shape index (κ2) is 6.22. The van der Waals surface area contributed by atoms with Gasteiger partial charge in [0, 0.05) is 27.9 Å². The van der Waals surface area contributed by atoms with E-state index in [1.165, 1.54) is 0 Å². The van der Waals surface area contributed by atoms with Crippen molar-refractivity contribution in [3.63, 3.8) is 0 Å². The van der Waals surface area contributed by atoms with Crippen LogP contribution in [0, 0.1) is 17.3 Å². The van der Waals surface area contributed by atoms with E-state index >= 15 is 0 Å². The number of nitrogens with one attached hydrogen (secondary N) is 1. The smallest absolute Gasteiger partial charge is 0.184 e. The number of ether oxygens (including phenoxy) is 2. The van der Waals surface area contributed by atoms with Crippen molar-refractivity contribution in [1.29, 1.82) is 0 Å². The summed E-state index contributed by atoms with van der Waals surface area (Å²) in [6, 6.07) is 7.91. The first-order valence-corrected chi connectivity index (χ1v) is 9.79.